The molecule has 0 bridgehead atoms. The molecule has 168 valence electrons. The van der Waals surface area contributed by atoms with E-state index < -0.39 is 0 Å². The summed E-state index contributed by atoms with van der Waals surface area (Å²) in [5.74, 6) is 1.66. The van der Waals surface area contributed by atoms with E-state index in [0.29, 0.717) is 0 Å². The van der Waals surface area contributed by atoms with Crippen LogP contribution in [0.4, 0.5) is 0 Å². The molecule has 1 N–H and O–H groups in total. The van der Waals surface area contributed by atoms with Gasteiger partial charge in [-0.1, -0.05) is 18.2 Å². The molecular formula is C26H35NO4. The molecule has 0 saturated carbocycles. The topological polar surface area (TPSA) is 59.0 Å². The maximum Gasteiger partial charge on any atom is 0.167 e. The van der Waals surface area contributed by atoms with Crippen LogP contribution in [0.1, 0.15) is 62.0 Å². The Labute approximate surface area is 186 Å². The fraction of sp³-hybridized carbons (Fsp3) is 0.500. The van der Waals surface area contributed by atoms with E-state index >= 15 is 0 Å². The van der Waals surface area contributed by atoms with Crippen molar-refractivity contribution in [3.63, 3.8) is 0 Å². The molecule has 2 aromatic carbocycles. The zero-order chi connectivity index (χ0) is 22.4. The van der Waals surface area contributed by atoms with Crippen LogP contribution in [-0.4, -0.2) is 41.1 Å². The van der Waals surface area contributed by atoms with E-state index in [0.717, 1.165) is 60.7 Å². The Morgan fingerprint density at radius 3 is 2.58 bits per heavy atom. The molecule has 31 heavy (non-hydrogen) atoms. The monoisotopic (exact) mass is 425 g/mol. The minimum Gasteiger partial charge on any atom is -0.491 e. The summed E-state index contributed by atoms with van der Waals surface area (Å²) in [5.41, 5.74) is 2.65. The summed E-state index contributed by atoms with van der Waals surface area (Å²) < 4.78 is 11.5. The second kappa shape index (κ2) is 10.8. The van der Waals surface area contributed by atoms with Crippen molar-refractivity contribution in [1.29, 1.82) is 0 Å². The van der Waals surface area contributed by atoms with Gasteiger partial charge in [0.15, 0.2) is 5.78 Å². The van der Waals surface area contributed by atoms with Gasteiger partial charge in [0.2, 0.25) is 0 Å². The highest BCUT2D eigenvalue weighted by Crippen LogP contribution is 2.26. The number of carbonyl (C=O) groups is 1. The van der Waals surface area contributed by atoms with Gasteiger partial charge >= 0.3 is 0 Å². The highest BCUT2D eigenvalue weighted by atomic mass is 16.5. The van der Waals surface area contributed by atoms with E-state index in [1.807, 2.05) is 64.1 Å². The average molecular weight is 426 g/mol. The number of piperidine rings is 1. The molecule has 5 nitrogen and oxygen atoms in total. The number of hydrogen-bond donors (Lipinski definition) is 1. The van der Waals surface area contributed by atoms with Gasteiger partial charge < -0.3 is 14.6 Å². The maximum atomic E-state index is 13.2. The molecule has 2 aromatic rings. The summed E-state index contributed by atoms with van der Waals surface area (Å²) in [6, 6.07) is 13.5. The second-order valence-electron chi connectivity index (χ2n) is 8.90. The van der Waals surface area contributed by atoms with Crippen LogP contribution in [-0.2, 0) is 13.2 Å². The number of hydrogen-bond acceptors (Lipinski definition) is 5. The Hall–Kier alpha value is -2.37. The number of carbonyl (C=O) groups excluding carboxylic acids is 1. The van der Waals surface area contributed by atoms with Gasteiger partial charge in [0.1, 0.15) is 11.5 Å². The number of aliphatic hydroxyl groups is 1. The number of nitrogens with zero attached hydrogens (tertiary/aromatic N) is 1. The molecule has 0 amide bonds. The van der Waals surface area contributed by atoms with Crippen molar-refractivity contribution in [3.8, 4) is 11.5 Å². The molecule has 1 heterocycles. The van der Waals surface area contributed by atoms with E-state index in [1.54, 1.807) is 0 Å². The molecule has 1 saturated heterocycles. The first-order valence-electron chi connectivity index (χ1n) is 11.3. The molecule has 0 aliphatic carbocycles. The van der Waals surface area contributed by atoms with Crippen molar-refractivity contribution in [2.75, 3.05) is 13.1 Å². The summed E-state index contributed by atoms with van der Waals surface area (Å²) in [4.78, 5) is 15.5. The molecule has 3 rings (SSSR count). The van der Waals surface area contributed by atoms with Crippen molar-refractivity contribution < 1.29 is 19.4 Å². The highest BCUT2D eigenvalue weighted by molar-refractivity contribution is 5.98. The highest BCUT2D eigenvalue weighted by Gasteiger charge is 2.27. The molecule has 0 spiro atoms. The molecule has 5 heteroatoms. The Morgan fingerprint density at radius 2 is 1.87 bits per heavy atom. The largest absolute Gasteiger partial charge is 0.491 e. The summed E-state index contributed by atoms with van der Waals surface area (Å²) in [5, 5.41) is 9.73. The van der Waals surface area contributed by atoms with Crippen LogP contribution in [0.25, 0.3) is 0 Å². The van der Waals surface area contributed by atoms with Gasteiger partial charge in [0.25, 0.3) is 0 Å². The van der Waals surface area contributed by atoms with Crippen LogP contribution in [0.2, 0.25) is 0 Å². The number of benzene rings is 2. The van der Waals surface area contributed by atoms with Crippen molar-refractivity contribution in [2.24, 2.45) is 5.92 Å². The van der Waals surface area contributed by atoms with Gasteiger partial charge in [-0.25, -0.2) is 0 Å². The smallest absolute Gasteiger partial charge is 0.167 e. The maximum absolute atomic E-state index is 13.2. The number of ether oxygens (including phenoxy) is 2. The molecule has 1 atom stereocenters. The first-order chi connectivity index (χ1) is 14.9. The lowest BCUT2D eigenvalue weighted by molar-refractivity contribution is 0.0811. The molecule has 0 radical (unpaired) electrons. The standard InChI is InChI=1S/C26H35NO4/c1-18(2)30-24-9-5-7-21(14-24)26(29)22-8-6-12-27(16-22)15-20-10-11-25(31-19(3)4)23(13-20)17-28/h5,7,9-11,13-14,18-19,22,28H,6,8,12,15-17H2,1-4H3/t22-/m1/s1. The molecule has 1 aliphatic heterocycles. The minimum absolute atomic E-state index is 0.0103. The molecule has 0 unspecified atom stereocenters. The summed E-state index contributed by atoms with van der Waals surface area (Å²) in [6.07, 6.45) is 2.05. The lowest BCUT2D eigenvalue weighted by atomic mass is 9.89. The van der Waals surface area contributed by atoms with E-state index in [-0.39, 0.29) is 30.5 Å². The summed E-state index contributed by atoms with van der Waals surface area (Å²) in [7, 11) is 0. The van der Waals surface area contributed by atoms with Gasteiger partial charge in [-0.2, -0.15) is 0 Å². The van der Waals surface area contributed by atoms with Gasteiger partial charge in [0, 0.05) is 30.1 Å². The van der Waals surface area contributed by atoms with Crippen LogP contribution in [0.5, 0.6) is 11.5 Å². The number of rotatable bonds is 9. The van der Waals surface area contributed by atoms with Crippen molar-refractivity contribution >= 4 is 5.78 Å². The van der Waals surface area contributed by atoms with E-state index in [9.17, 15) is 9.90 Å². The summed E-state index contributed by atoms with van der Waals surface area (Å²) in [6.45, 7) is 10.3. The van der Waals surface area contributed by atoms with Crippen LogP contribution >= 0.6 is 0 Å². The van der Waals surface area contributed by atoms with Crippen molar-refractivity contribution in [3.05, 3.63) is 59.2 Å². The molecular weight excluding hydrogens is 390 g/mol. The predicted molar refractivity (Wildman–Crippen MR) is 123 cm³/mol. The van der Waals surface area contributed by atoms with Crippen molar-refractivity contribution in [2.45, 2.75) is 65.9 Å². The van der Waals surface area contributed by atoms with E-state index in [1.165, 1.54) is 0 Å². The SMILES string of the molecule is CC(C)Oc1cccc(C(=O)[C@@H]2CCCN(Cc3ccc(OC(C)C)c(CO)c3)C2)c1. The lowest BCUT2D eigenvalue weighted by Crippen LogP contribution is -2.38. The number of Topliss-reactive ketones (excluding diaryl/α,β-unsaturated/α-hetero) is 1. The van der Waals surface area contributed by atoms with Crippen LogP contribution in [0.3, 0.4) is 0 Å². The zero-order valence-corrected chi connectivity index (χ0v) is 19.1. The third-order valence-corrected chi connectivity index (χ3v) is 5.43. The fourth-order valence-corrected chi connectivity index (χ4v) is 4.13. The molecule has 0 aromatic heterocycles. The Balaban J connectivity index is 1.66. The molecule has 1 fully saturated rings. The van der Waals surface area contributed by atoms with Gasteiger partial charge in [-0.15, -0.1) is 0 Å². The first-order valence-corrected chi connectivity index (χ1v) is 11.3. The second-order valence-corrected chi connectivity index (χ2v) is 8.90. The third kappa shape index (κ3) is 6.55. The zero-order valence-electron chi connectivity index (χ0n) is 19.1. The normalized spacial score (nSPS) is 17.2. The Morgan fingerprint density at radius 1 is 1.10 bits per heavy atom. The Kier molecular flexibility index (Phi) is 8.10. The van der Waals surface area contributed by atoms with Gasteiger partial charge in [-0.3, -0.25) is 9.69 Å². The fourth-order valence-electron chi connectivity index (χ4n) is 4.13. The van der Waals surface area contributed by atoms with Gasteiger partial charge in [-0.05, 0) is 76.9 Å². The van der Waals surface area contributed by atoms with Crippen molar-refractivity contribution in [1.82, 2.24) is 4.90 Å². The van der Waals surface area contributed by atoms with Crippen LogP contribution in [0, 0.1) is 5.92 Å². The van der Waals surface area contributed by atoms with E-state index in [2.05, 4.69) is 11.0 Å². The number of aliphatic hydroxyl groups excluding tert-OH is 1. The lowest BCUT2D eigenvalue weighted by Gasteiger charge is -2.32. The molecule has 1 aliphatic rings. The quantitative estimate of drug-likeness (QED) is 0.582. The third-order valence-electron chi connectivity index (χ3n) is 5.43. The minimum atomic E-state index is -0.0498. The first kappa shape index (κ1) is 23.3. The number of ketones is 1. The van der Waals surface area contributed by atoms with Crippen LogP contribution in [0.15, 0.2) is 42.5 Å². The predicted octanol–water partition coefficient (Wildman–Crippen LogP) is 4.85. The number of likely N-dealkylation sites (tertiary alicyclic amines) is 1. The van der Waals surface area contributed by atoms with E-state index in [4.69, 9.17) is 9.47 Å². The van der Waals surface area contributed by atoms with Gasteiger partial charge in [0.05, 0.1) is 18.8 Å². The average Bonchev–Trinajstić information content (AvgIpc) is 2.74. The Bertz CT molecular complexity index is 877. The summed E-state index contributed by atoms with van der Waals surface area (Å²) >= 11 is 0. The van der Waals surface area contributed by atoms with Crippen LogP contribution < -0.4 is 9.47 Å².